The van der Waals surface area contributed by atoms with Crippen LogP contribution in [0.5, 0.6) is 0 Å². The van der Waals surface area contributed by atoms with Crippen LogP contribution < -0.4 is 5.32 Å². The van der Waals surface area contributed by atoms with Crippen LogP contribution in [-0.2, 0) is 20.6 Å². The van der Waals surface area contributed by atoms with Crippen molar-refractivity contribution < 1.29 is 13.2 Å². The normalized spacial score (nSPS) is 17.8. The van der Waals surface area contributed by atoms with Crippen molar-refractivity contribution in [1.29, 1.82) is 0 Å². The number of hydrogen-bond acceptors (Lipinski definition) is 3. The van der Waals surface area contributed by atoms with Crippen molar-refractivity contribution in [2.24, 2.45) is 5.92 Å². The van der Waals surface area contributed by atoms with Crippen LogP contribution in [0.2, 0.25) is 0 Å². The largest absolute Gasteiger partial charge is 0.325 e. The topological polar surface area (TPSA) is 66.5 Å². The van der Waals surface area contributed by atoms with Gasteiger partial charge in [0, 0.05) is 18.8 Å². The predicted molar refractivity (Wildman–Crippen MR) is 122 cm³/mol. The average Bonchev–Trinajstić information content (AvgIpc) is 2.71. The number of nitrogens with one attached hydrogen (secondary N) is 1. The quantitative estimate of drug-likeness (QED) is 0.731. The van der Waals surface area contributed by atoms with E-state index in [-0.39, 0.29) is 30.0 Å². The number of rotatable bonds is 6. The van der Waals surface area contributed by atoms with E-state index < -0.39 is 10.0 Å². The van der Waals surface area contributed by atoms with Crippen molar-refractivity contribution in [3.63, 3.8) is 0 Å². The molecule has 0 radical (unpaired) electrons. The maximum absolute atomic E-state index is 13.0. The summed E-state index contributed by atoms with van der Waals surface area (Å²) < 4.78 is 27.5. The molecule has 5 nitrogen and oxygen atoms in total. The zero-order chi connectivity index (χ0) is 21.9. The van der Waals surface area contributed by atoms with Gasteiger partial charge in [-0.05, 0) is 54.9 Å². The second-order valence-corrected chi connectivity index (χ2v) is 10.5. The Balaban J connectivity index is 1.73. The molecule has 0 aliphatic carbocycles. The number of anilines is 1. The number of hydrogen-bond donors (Lipinski definition) is 1. The average molecular weight is 429 g/mol. The first-order valence-electron chi connectivity index (χ1n) is 10.6. The molecule has 3 rings (SSSR count). The van der Waals surface area contributed by atoms with Crippen LogP contribution >= 0.6 is 0 Å². The van der Waals surface area contributed by atoms with Crippen LogP contribution in [-0.4, -0.2) is 31.7 Å². The summed E-state index contributed by atoms with van der Waals surface area (Å²) in [6.07, 6.45) is 1.39. The molecule has 1 unspecified atom stereocenters. The standard InChI is InChI=1S/C24H32N2O3S/c1-17(2)22-13-7-10-19(4)23(22)25-24(27)20-12-8-14-26(15-20)30(28,29)16-21-11-6-5-9-18(21)3/h5-7,9-11,13,17,20H,8,12,14-16H2,1-4H3,(H,25,27). The first-order chi connectivity index (χ1) is 14.2. The minimum Gasteiger partial charge on any atom is -0.325 e. The van der Waals surface area contributed by atoms with Crippen molar-refractivity contribution in [2.45, 2.75) is 52.2 Å². The fourth-order valence-electron chi connectivity index (χ4n) is 4.04. The fraction of sp³-hybridized carbons (Fsp3) is 0.458. The molecule has 1 N–H and O–H groups in total. The molecule has 1 saturated heterocycles. The highest BCUT2D eigenvalue weighted by Gasteiger charge is 2.33. The van der Waals surface area contributed by atoms with E-state index in [0.29, 0.717) is 19.4 Å². The third-order valence-electron chi connectivity index (χ3n) is 5.92. The number of carbonyl (C=O) groups is 1. The van der Waals surface area contributed by atoms with E-state index in [2.05, 4.69) is 19.2 Å². The highest BCUT2D eigenvalue weighted by atomic mass is 32.2. The van der Waals surface area contributed by atoms with E-state index in [1.54, 1.807) is 0 Å². The Kier molecular flexibility index (Phi) is 6.98. The van der Waals surface area contributed by atoms with Crippen LogP contribution in [0.1, 0.15) is 54.9 Å². The van der Waals surface area contributed by atoms with Gasteiger partial charge < -0.3 is 5.32 Å². The smallest absolute Gasteiger partial charge is 0.228 e. The van der Waals surface area contributed by atoms with Gasteiger partial charge in [-0.3, -0.25) is 4.79 Å². The highest BCUT2D eigenvalue weighted by molar-refractivity contribution is 7.88. The zero-order valence-electron chi connectivity index (χ0n) is 18.3. The van der Waals surface area contributed by atoms with Crippen molar-refractivity contribution in [3.05, 3.63) is 64.7 Å². The molecule has 1 heterocycles. The number of amides is 1. The molecule has 1 amide bonds. The minimum absolute atomic E-state index is 0.0245. The predicted octanol–water partition coefficient (Wildman–Crippen LogP) is 4.61. The molecule has 1 fully saturated rings. The molecule has 0 spiro atoms. The van der Waals surface area contributed by atoms with Crippen LogP contribution in [0, 0.1) is 19.8 Å². The summed E-state index contributed by atoms with van der Waals surface area (Å²) in [6, 6.07) is 13.6. The molecule has 2 aromatic rings. The van der Waals surface area contributed by atoms with Crippen molar-refractivity contribution in [2.75, 3.05) is 18.4 Å². The summed E-state index contributed by atoms with van der Waals surface area (Å²) in [7, 11) is -3.47. The molecule has 0 aromatic heterocycles. The third kappa shape index (κ3) is 5.10. The van der Waals surface area contributed by atoms with Crippen molar-refractivity contribution in [1.82, 2.24) is 4.31 Å². The number of nitrogens with zero attached hydrogens (tertiary/aromatic N) is 1. The molecular weight excluding hydrogens is 396 g/mol. The lowest BCUT2D eigenvalue weighted by molar-refractivity contribution is -0.120. The van der Waals surface area contributed by atoms with E-state index in [4.69, 9.17) is 0 Å². The minimum atomic E-state index is -3.47. The number of benzene rings is 2. The van der Waals surface area contributed by atoms with E-state index >= 15 is 0 Å². The van der Waals surface area contributed by atoms with Crippen molar-refractivity contribution >= 4 is 21.6 Å². The second-order valence-electron chi connectivity index (χ2n) is 8.56. The van der Waals surface area contributed by atoms with Gasteiger partial charge >= 0.3 is 0 Å². The molecular formula is C24H32N2O3S. The first-order valence-corrected chi connectivity index (χ1v) is 12.2. The second kappa shape index (κ2) is 9.31. The number of sulfonamides is 1. The lowest BCUT2D eigenvalue weighted by Crippen LogP contribution is -2.44. The Morgan fingerprint density at radius 3 is 2.50 bits per heavy atom. The lowest BCUT2D eigenvalue weighted by Gasteiger charge is -2.31. The number of carbonyl (C=O) groups excluding carboxylic acids is 1. The Morgan fingerprint density at radius 1 is 1.10 bits per heavy atom. The molecule has 1 atom stereocenters. The Labute approximate surface area is 180 Å². The Bertz CT molecular complexity index is 1010. The van der Waals surface area contributed by atoms with Gasteiger partial charge in [-0.25, -0.2) is 12.7 Å². The number of aryl methyl sites for hydroxylation is 2. The maximum Gasteiger partial charge on any atom is 0.228 e. The Morgan fingerprint density at radius 2 is 1.80 bits per heavy atom. The van der Waals surface area contributed by atoms with Crippen LogP contribution in [0.3, 0.4) is 0 Å². The zero-order valence-corrected chi connectivity index (χ0v) is 19.1. The molecule has 30 heavy (non-hydrogen) atoms. The highest BCUT2D eigenvalue weighted by Crippen LogP contribution is 2.29. The number of piperidine rings is 1. The van der Waals surface area contributed by atoms with Gasteiger partial charge in [-0.1, -0.05) is 56.3 Å². The van der Waals surface area contributed by atoms with E-state index in [1.165, 1.54) is 4.31 Å². The van der Waals surface area contributed by atoms with Crippen LogP contribution in [0.15, 0.2) is 42.5 Å². The van der Waals surface area contributed by atoms with Gasteiger partial charge in [0.05, 0.1) is 11.7 Å². The van der Waals surface area contributed by atoms with E-state index in [9.17, 15) is 13.2 Å². The SMILES string of the molecule is Cc1ccccc1CS(=O)(=O)N1CCCC(C(=O)Nc2c(C)cccc2C(C)C)C1. The number of para-hydroxylation sites is 1. The summed E-state index contributed by atoms with van der Waals surface area (Å²) in [5.74, 6) is -0.173. The molecule has 0 saturated carbocycles. The van der Waals surface area contributed by atoms with Crippen LogP contribution in [0.4, 0.5) is 5.69 Å². The summed E-state index contributed by atoms with van der Waals surface area (Å²) in [5, 5.41) is 3.10. The monoisotopic (exact) mass is 428 g/mol. The van der Waals surface area contributed by atoms with Gasteiger partial charge in [0.25, 0.3) is 0 Å². The fourth-order valence-corrected chi connectivity index (χ4v) is 5.75. The summed E-state index contributed by atoms with van der Waals surface area (Å²) >= 11 is 0. The third-order valence-corrected chi connectivity index (χ3v) is 7.72. The summed E-state index contributed by atoms with van der Waals surface area (Å²) in [6.45, 7) is 8.82. The van der Waals surface area contributed by atoms with E-state index in [1.807, 2.05) is 56.3 Å². The van der Waals surface area contributed by atoms with E-state index in [0.717, 1.165) is 27.9 Å². The maximum atomic E-state index is 13.0. The van der Waals surface area contributed by atoms with Gasteiger partial charge in [0.1, 0.15) is 0 Å². The van der Waals surface area contributed by atoms with Gasteiger partial charge in [0.15, 0.2) is 0 Å². The Hall–Kier alpha value is -2.18. The molecule has 0 bridgehead atoms. The van der Waals surface area contributed by atoms with Gasteiger partial charge in [-0.15, -0.1) is 0 Å². The molecule has 162 valence electrons. The molecule has 1 aliphatic heterocycles. The first kappa shape index (κ1) is 22.5. The van der Waals surface area contributed by atoms with Gasteiger partial charge in [0.2, 0.25) is 15.9 Å². The molecule has 1 aliphatic rings. The molecule has 6 heteroatoms. The lowest BCUT2D eigenvalue weighted by atomic mass is 9.95. The molecule has 2 aromatic carbocycles. The van der Waals surface area contributed by atoms with Gasteiger partial charge in [-0.2, -0.15) is 0 Å². The van der Waals surface area contributed by atoms with Crippen LogP contribution in [0.25, 0.3) is 0 Å². The van der Waals surface area contributed by atoms with Crippen molar-refractivity contribution in [3.8, 4) is 0 Å². The summed E-state index contributed by atoms with van der Waals surface area (Å²) in [5.41, 5.74) is 4.76. The summed E-state index contributed by atoms with van der Waals surface area (Å²) in [4.78, 5) is 13.0.